The molecule has 0 saturated heterocycles. The summed E-state index contributed by atoms with van der Waals surface area (Å²) >= 11 is 0.458. The van der Waals surface area contributed by atoms with E-state index in [4.69, 9.17) is 0 Å². The summed E-state index contributed by atoms with van der Waals surface area (Å²) in [5.41, 5.74) is 4.00. The van der Waals surface area contributed by atoms with Gasteiger partial charge in [0.2, 0.25) is 0 Å². The zero-order chi connectivity index (χ0) is 13.8. The molecule has 2 aromatic carbocycles. The Morgan fingerprint density at radius 3 is 1.90 bits per heavy atom. The van der Waals surface area contributed by atoms with Crippen LogP contribution >= 0.6 is 0 Å². The Morgan fingerprint density at radius 1 is 0.850 bits per heavy atom. The van der Waals surface area contributed by atoms with Crippen molar-refractivity contribution < 1.29 is 4.79 Å². The average Bonchev–Trinajstić information content (AvgIpc) is 3.07. The molecule has 3 heteroatoms. The fourth-order valence-corrected chi connectivity index (χ4v) is 3.06. The summed E-state index contributed by atoms with van der Waals surface area (Å²) in [6.45, 7) is 0. The molecule has 0 radical (unpaired) electrons. The Morgan fingerprint density at radius 2 is 1.45 bits per heavy atom. The molecule has 4 rings (SSSR count). The molecule has 20 heavy (non-hydrogen) atoms. The second-order valence-electron chi connectivity index (χ2n) is 4.51. The van der Waals surface area contributed by atoms with Crippen LogP contribution in [0.3, 0.4) is 0 Å². The van der Waals surface area contributed by atoms with Gasteiger partial charge in [-0.05, 0) is 17.5 Å². The van der Waals surface area contributed by atoms with Gasteiger partial charge >= 0.3 is 35.9 Å². The van der Waals surface area contributed by atoms with Crippen molar-refractivity contribution in [3.63, 3.8) is 0 Å². The molecule has 1 aliphatic carbocycles. The van der Waals surface area contributed by atoms with E-state index in [2.05, 4.69) is 8.92 Å². The van der Waals surface area contributed by atoms with Crippen LogP contribution in [0.5, 0.6) is 0 Å². The van der Waals surface area contributed by atoms with Crippen LogP contribution in [0, 0.1) is 0 Å². The van der Waals surface area contributed by atoms with E-state index in [1.807, 2.05) is 60.8 Å². The number of nitrogens with zero attached hydrogens (tertiary/aromatic N) is 1. The third-order valence-electron chi connectivity index (χ3n) is 3.25. The summed E-state index contributed by atoms with van der Waals surface area (Å²) in [6, 6.07) is 17.7. The Bertz CT molecular complexity index is 655. The monoisotopic (exact) mass is 327 g/mol. The molecule has 0 fully saturated rings. The first-order valence-electron chi connectivity index (χ1n) is 6.41. The summed E-state index contributed by atoms with van der Waals surface area (Å²) in [4.78, 5) is 14.2. The fourth-order valence-electron chi connectivity index (χ4n) is 2.32. The second kappa shape index (κ2) is 6.00. The molecule has 1 aromatic heterocycles. The molecule has 0 saturated carbocycles. The van der Waals surface area contributed by atoms with Crippen LogP contribution in [0.25, 0.3) is 0 Å². The van der Waals surface area contributed by atoms with Crippen LogP contribution in [0.4, 0.5) is 0 Å². The molecule has 0 spiro atoms. The van der Waals surface area contributed by atoms with E-state index in [9.17, 15) is 4.79 Å². The molecule has 0 unspecified atom stereocenters. The van der Waals surface area contributed by atoms with Crippen molar-refractivity contribution in [2.75, 3.05) is 0 Å². The van der Waals surface area contributed by atoms with Gasteiger partial charge in [0, 0.05) is 11.1 Å². The average molecular weight is 326 g/mol. The Labute approximate surface area is 124 Å². The number of fused-ring (bicyclic) bond motifs is 2. The van der Waals surface area contributed by atoms with Crippen LogP contribution < -0.4 is 0 Å². The first-order valence-corrected chi connectivity index (χ1v) is 8.16. The van der Waals surface area contributed by atoms with Gasteiger partial charge in [-0.2, -0.15) is 0 Å². The SMILES string of the molecule is O=C1c2ccccc2Cc2ccccc21.c1cn[se]c1. The van der Waals surface area contributed by atoms with Crippen LogP contribution in [-0.2, 0) is 6.42 Å². The number of benzene rings is 2. The molecule has 98 valence electrons. The van der Waals surface area contributed by atoms with Gasteiger partial charge in [0.25, 0.3) is 0 Å². The summed E-state index contributed by atoms with van der Waals surface area (Å²) < 4.78 is 3.91. The maximum absolute atomic E-state index is 12.1. The van der Waals surface area contributed by atoms with Crippen LogP contribution in [0.15, 0.2) is 65.7 Å². The molecule has 3 aromatic rings. The second-order valence-corrected chi connectivity index (χ2v) is 5.96. The fraction of sp³-hybridized carbons (Fsp3) is 0.0588. The maximum atomic E-state index is 12.1. The first kappa shape index (κ1) is 13.0. The third-order valence-corrected chi connectivity index (χ3v) is 4.35. The van der Waals surface area contributed by atoms with E-state index in [1.165, 1.54) is 0 Å². The van der Waals surface area contributed by atoms with E-state index >= 15 is 0 Å². The number of hydrogen-bond acceptors (Lipinski definition) is 2. The molecule has 1 aliphatic rings. The topological polar surface area (TPSA) is 30.0 Å². The van der Waals surface area contributed by atoms with Gasteiger partial charge in [0.1, 0.15) is 0 Å². The number of carbonyl (C=O) groups excluding carboxylic acids is 1. The zero-order valence-electron chi connectivity index (χ0n) is 10.8. The molecular formula is C17H13NOSe. The van der Waals surface area contributed by atoms with Crippen LogP contribution in [0.1, 0.15) is 27.0 Å². The van der Waals surface area contributed by atoms with Gasteiger partial charge in [-0.25, -0.2) is 0 Å². The molecular weight excluding hydrogens is 313 g/mol. The van der Waals surface area contributed by atoms with Gasteiger partial charge in [-0.1, -0.05) is 48.5 Å². The Kier molecular flexibility index (Phi) is 3.91. The molecule has 1 heterocycles. The molecule has 0 bridgehead atoms. The van der Waals surface area contributed by atoms with Crippen molar-refractivity contribution in [1.82, 2.24) is 3.98 Å². The van der Waals surface area contributed by atoms with E-state index in [0.29, 0.717) is 14.7 Å². The van der Waals surface area contributed by atoms with Gasteiger partial charge in [-0.3, -0.25) is 4.79 Å². The predicted octanol–water partition coefficient (Wildman–Crippen LogP) is 2.96. The van der Waals surface area contributed by atoms with Gasteiger partial charge in [0.15, 0.2) is 5.78 Å². The zero-order valence-corrected chi connectivity index (χ0v) is 12.5. The van der Waals surface area contributed by atoms with E-state index in [0.717, 1.165) is 28.7 Å². The minimum absolute atomic E-state index is 0.160. The first-order chi connectivity index (χ1) is 9.86. The molecule has 0 N–H and O–H groups in total. The van der Waals surface area contributed by atoms with Crippen LogP contribution in [-0.4, -0.2) is 24.5 Å². The number of ketones is 1. The van der Waals surface area contributed by atoms with Crippen molar-refractivity contribution in [2.45, 2.75) is 6.42 Å². The molecule has 0 atom stereocenters. The Balaban J connectivity index is 0.000000205. The number of hydrogen-bond donors (Lipinski definition) is 0. The van der Waals surface area contributed by atoms with Crippen molar-refractivity contribution in [2.24, 2.45) is 0 Å². The van der Waals surface area contributed by atoms with E-state index in [1.54, 1.807) is 0 Å². The normalized spacial score (nSPS) is 11.9. The van der Waals surface area contributed by atoms with Gasteiger partial charge in [0.05, 0.1) is 0 Å². The number of rotatable bonds is 0. The summed E-state index contributed by atoms with van der Waals surface area (Å²) in [5.74, 6) is 0.160. The van der Waals surface area contributed by atoms with E-state index < -0.39 is 0 Å². The van der Waals surface area contributed by atoms with Gasteiger partial charge < -0.3 is 0 Å². The third kappa shape index (κ3) is 2.64. The van der Waals surface area contributed by atoms with Crippen molar-refractivity contribution in [3.05, 3.63) is 88.0 Å². The summed E-state index contributed by atoms with van der Waals surface area (Å²) in [7, 11) is 0. The summed E-state index contributed by atoms with van der Waals surface area (Å²) in [6.07, 6.45) is 2.71. The number of aromatic nitrogens is 1. The standard InChI is InChI=1S/C14H10O.C3H3NSe/c15-14-12-7-3-1-5-10(12)9-11-6-2-4-8-13(11)14;1-2-4-5-3-1/h1-8H,9H2;1-3H. The van der Waals surface area contributed by atoms with Crippen LogP contribution in [0.2, 0.25) is 0 Å². The van der Waals surface area contributed by atoms with Crippen molar-refractivity contribution in [1.29, 1.82) is 0 Å². The predicted molar refractivity (Wildman–Crippen MR) is 80.3 cm³/mol. The quantitative estimate of drug-likeness (QED) is 0.465. The molecule has 0 amide bonds. The van der Waals surface area contributed by atoms with E-state index in [-0.39, 0.29) is 5.78 Å². The van der Waals surface area contributed by atoms with Crippen molar-refractivity contribution in [3.8, 4) is 0 Å². The van der Waals surface area contributed by atoms with Crippen molar-refractivity contribution >= 4 is 20.5 Å². The molecule has 2 nitrogen and oxygen atoms in total. The molecule has 0 aliphatic heterocycles. The Hall–Kier alpha value is -1.96. The minimum atomic E-state index is 0.160. The summed E-state index contributed by atoms with van der Waals surface area (Å²) in [5, 5.41) is 0. The van der Waals surface area contributed by atoms with Gasteiger partial charge in [-0.15, -0.1) is 0 Å². The number of carbonyl (C=O) groups is 1.